The lowest BCUT2D eigenvalue weighted by Gasteiger charge is -2.11. The Bertz CT molecular complexity index is 1120. The summed E-state index contributed by atoms with van der Waals surface area (Å²) in [7, 11) is 0. The second kappa shape index (κ2) is 7.44. The van der Waals surface area contributed by atoms with Crippen molar-refractivity contribution in [3.8, 4) is 0 Å². The molecule has 0 unspecified atom stereocenters. The standard InChI is InChI=1S/C22H17ClN2O3/c23-15-8-5-13(6-9-15)11-14-7-10-17-20(22(27)28-12-19(24)26)16-3-1-2-4-18(16)25-21(14)17/h1-6,8-9,11H,7,10,12H2,(H2,24,26)/b14-11+. The number of nitrogens with zero attached hydrogens (tertiary/aromatic N) is 1. The van der Waals surface area contributed by atoms with Gasteiger partial charge in [-0.1, -0.05) is 41.9 Å². The van der Waals surface area contributed by atoms with Crippen LogP contribution in [0.3, 0.4) is 0 Å². The van der Waals surface area contributed by atoms with Crippen LogP contribution in [0.5, 0.6) is 0 Å². The van der Waals surface area contributed by atoms with E-state index < -0.39 is 18.5 Å². The third kappa shape index (κ3) is 3.49. The lowest BCUT2D eigenvalue weighted by atomic mass is 10.0. The van der Waals surface area contributed by atoms with Crippen molar-refractivity contribution in [2.24, 2.45) is 5.73 Å². The Labute approximate surface area is 166 Å². The van der Waals surface area contributed by atoms with Crippen LogP contribution in [0.2, 0.25) is 5.02 Å². The van der Waals surface area contributed by atoms with Gasteiger partial charge in [0.2, 0.25) is 0 Å². The highest BCUT2D eigenvalue weighted by Gasteiger charge is 2.27. The van der Waals surface area contributed by atoms with E-state index in [1.54, 1.807) is 0 Å². The van der Waals surface area contributed by atoms with Crippen molar-refractivity contribution < 1.29 is 14.3 Å². The van der Waals surface area contributed by atoms with E-state index in [2.05, 4.69) is 6.08 Å². The molecular formula is C22H17ClN2O3. The number of benzene rings is 2. The first-order chi connectivity index (χ1) is 13.5. The molecule has 4 rings (SSSR count). The monoisotopic (exact) mass is 392 g/mol. The van der Waals surface area contributed by atoms with Gasteiger partial charge >= 0.3 is 5.97 Å². The van der Waals surface area contributed by atoms with E-state index in [-0.39, 0.29) is 0 Å². The average Bonchev–Trinajstić information content (AvgIpc) is 3.08. The number of primary amides is 1. The minimum Gasteiger partial charge on any atom is -0.452 e. The maximum Gasteiger partial charge on any atom is 0.339 e. The molecule has 3 aromatic rings. The van der Waals surface area contributed by atoms with Crippen molar-refractivity contribution in [2.75, 3.05) is 6.61 Å². The van der Waals surface area contributed by atoms with Gasteiger partial charge in [-0.3, -0.25) is 4.79 Å². The topological polar surface area (TPSA) is 82.3 Å². The van der Waals surface area contributed by atoms with Crippen molar-refractivity contribution in [3.05, 3.63) is 75.9 Å². The van der Waals surface area contributed by atoms with Gasteiger partial charge in [-0.15, -0.1) is 0 Å². The van der Waals surface area contributed by atoms with Crippen LogP contribution in [0, 0.1) is 0 Å². The largest absolute Gasteiger partial charge is 0.452 e. The zero-order valence-electron chi connectivity index (χ0n) is 14.9. The number of carbonyl (C=O) groups excluding carboxylic acids is 2. The van der Waals surface area contributed by atoms with E-state index in [4.69, 9.17) is 27.1 Å². The fraction of sp³-hybridized carbons (Fsp3) is 0.136. The second-order valence-corrected chi connectivity index (χ2v) is 7.03. The molecule has 0 fully saturated rings. The molecule has 6 heteroatoms. The average molecular weight is 393 g/mol. The lowest BCUT2D eigenvalue weighted by molar-refractivity contribution is -0.121. The second-order valence-electron chi connectivity index (χ2n) is 6.59. The van der Waals surface area contributed by atoms with Gasteiger partial charge in [0.1, 0.15) is 0 Å². The van der Waals surface area contributed by atoms with Crippen LogP contribution in [-0.2, 0) is 16.0 Å². The molecule has 0 atom stereocenters. The molecule has 0 saturated heterocycles. The van der Waals surface area contributed by atoms with Gasteiger partial charge in [0.05, 0.1) is 16.8 Å². The third-order valence-electron chi connectivity index (χ3n) is 4.70. The smallest absolute Gasteiger partial charge is 0.339 e. The predicted molar refractivity (Wildman–Crippen MR) is 109 cm³/mol. The molecule has 0 saturated carbocycles. The molecule has 0 radical (unpaired) electrons. The minimum atomic E-state index is -0.688. The number of nitrogens with two attached hydrogens (primary N) is 1. The van der Waals surface area contributed by atoms with Crippen molar-refractivity contribution in [1.82, 2.24) is 4.98 Å². The fourth-order valence-corrected chi connectivity index (χ4v) is 3.61. The Hall–Kier alpha value is -3.18. The number of aromatic nitrogens is 1. The summed E-state index contributed by atoms with van der Waals surface area (Å²) in [4.78, 5) is 28.6. The third-order valence-corrected chi connectivity index (χ3v) is 4.95. The number of rotatable bonds is 4. The van der Waals surface area contributed by atoms with Gasteiger partial charge in [-0.2, -0.15) is 0 Å². The summed E-state index contributed by atoms with van der Waals surface area (Å²) >= 11 is 5.96. The Morgan fingerprint density at radius 3 is 2.61 bits per heavy atom. The van der Waals surface area contributed by atoms with E-state index in [0.29, 0.717) is 27.9 Å². The van der Waals surface area contributed by atoms with Gasteiger partial charge in [0.15, 0.2) is 6.61 Å². The summed E-state index contributed by atoms with van der Waals surface area (Å²) in [5.41, 5.74) is 9.97. The van der Waals surface area contributed by atoms with E-state index in [1.165, 1.54) is 0 Å². The van der Waals surface area contributed by atoms with Gasteiger partial charge in [0, 0.05) is 10.4 Å². The lowest BCUT2D eigenvalue weighted by Crippen LogP contribution is -2.21. The summed E-state index contributed by atoms with van der Waals surface area (Å²) in [5, 5.41) is 1.39. The van der Waals surface area contributed by atoms with Crippen LogP contribution in [0.1, 0.15) is 33.6 Å². The summed E-state index contributed by atoms with van der Waals surface area (Å²) in [6.45, 7) is -0.447. The number of hydrogen-bond acceptors (Lipinski definition) is 4. The molecule has 1 aliphatic rings. The Balaban J connectivity index is 1.83. The molecule has 1 heterocycles. The van der Waals surface area contributed by atoms with Gasteiger partial charge in [-0.25, -0.2) is 9.78 Å². The van der Waals surface area contributed by atoms with Gasteiger partial charge in [-0.05, 0) is 53.8 Å². The summed E-state index contributed by atoms with van der Waals surface area (Å²) in [6.07, 6.45) is 3.49. The Kier molecular flexibility index (Phi) is 4.84. The highest BCUT2D eigenvalue weighted by molar-refractivity contribution is 6.30. The number of amides is 1. The van der Waals surface area contributed by atoms with Crippen LogP contribution in [-0.4, -0.2) is 23.5 Å². The van der Waals surface area contributed by atoms with E-state index >= 15 is 0 Å². The van der Waals surface area contributed by atoms with Crippen LogP contribution >= 0.6 is 11.6 Å². The zero-order chi connectivity index (χ0) is 19.7. The first-order valence-electron chi connectivity index (χ1n) is 8.86. The number of para-hydroxylation sites is 1. The Morgan fingerprint density at radius 2 is 1.86 bits per heavy atom. The molecule has 5 nitrogen and oxygen atoms in total. The molecule has 28 heavy (non-hydrogen) atoms. The number of fused-ring (bicyclic) bond motifs is 2. The summed E-state index contributed by atoms with van der Waals surface area (Å²) in [6, 6.07) is 15.0. The van der Waals surface area contributed by atoms with Crippen LogP contribution in [0.4, 0.5) is 0 Å². The maximum absolute atomic E-state index is 12.7. The number of hydrogen-bond donors (Lipinski definition) is 1. The molecule has 2 N–H and O–H groups in total. The molecule has 0 bridgehead atoms. The normalized spacial score (nSPS) is 14.2. The highest BCUT2D eigenvalue weighted by Crippen LogP contribution is 2.37. The van der Waals surface area contributed by atoms with E-state index in [1.807, 2.05) is 48.5 Å². The van der Waals surface area contributed by atoms with Crippen LogP contribution in [0.15, 0.2) is 48.5 Å². The maximum atomic E-state index is 12.7. The number of halogens is 1. The Morgan fingerprint density at radius 1 is 1.11 bits per heavy atom. The first-order valence-corrected chi connectivity index (χ1v) is 9.24. The van der Waals surface area contributed by atoms with Gasteiger partial charge in [0.25, 0.3) is 5.91 Å². The summed E-state index contributed by atoms with van der Waals surface area (Å²) < 4.78 is 5.11. The number of carbonyl (C=O) groups is 2. The molecule has 1 aromatic heterocycles. The quantitative estimate of drug-likeness (QED) is 0.680. The molecular weight excluding hydrogens is 376 g/mol. The van der Waals surface area contributed by atoms with Crippen LogP contribution < -0.4 is 5.73 Å². The number of pyridine rings is 1. The van der Waals surface area contributed by atoms with Gasteiger partial charge < -0.3 is 10.5 Å². The molecule has 1 aliphatic carbocycles. The summed E-state index contributed by atoms with van der Waals surface area (Å²) in [5.74, 6) is -1.24. The highest BCUT2D eigenvalue weighted by atomic mass is 35.5. The molecule has 1 amide bonds. The number of ether oxygens (including phenoxy) is 1. The minimum absolute atomic E-state index is 0.447. The van der Waals surface area contributed by atoms with Crippen molar-refractivity contribution in [3.63, 3.8) is 0 Å². The van der Waals surface area contributed by atoms with Crippen molar-refractivity contribution in [1.29, 1.82) is 0 Å². The molecule has 2 aromatic carbocycles. The number of esters is 1. The SMILES string of the molecule is NC(=O)COC(=O)c1c2c(nc3ccccc13)/C(=C/c1ccc(Cl)cc1)CC2. The number of allylic oxidation sites excluding steroid dienone is 1. The predicted octanol–water partition coefficient (Wildman–Crippen LogP) is 4.02. The van der Waals surface area contributed by atoms with E-state index in [0.717, 1.165) is 28.8 Å². The first kappa shape index (κ1) is 18.2. The molecule has 0 spiro atoms. The van der Waals surface area contributed by atoms with Crippen molar-refractivity contribution in [2.45, 2.75) is 12.8 Å². The zero-order valence-corrected chi connectivity index (χ0v) is 15.7. The molecule has 140 valence electrons. The van der Waals surface area contributed by atoms with Crippen molar-refractivity contribution >= 4 is 46.0 Å². The molecule has 0 aliphatic heterocycles. The fourth-order valence-electron chi connectivity index (χ4n) is 3.48. The van der Waals surface area contributed by atoms with Crippen LogP contribution in [0.25, 0.3) is 22.6 Å². The van der Waals surface area contributed by atoms with E-state index in [9.17, 15) is 9.59 Å².